The monoisotopic (exact) mass is 292 g/mol. The quantitative estimate of drug-likeness (QED) is 0.850. The van der Waals surface area contributed by atoms with E-state index in [-0.39, 0.29) is 18.3 Å². The Morgan fingerprint density at radius 2 is 2.39 bits per heavy atom. The molecule has 2 heterocycles. The molecule has 102 valence electrons. The standard InChI is InChI=1S/C10H16N4O2S.ClH/c1-16-3-2-14-7-13(6-9(14)15)5-8-4-12-10(11)17-8;/h4H,2-3,5-7H2,1H3,(H2,11,12);1H. The first kappa shape index (κ1) is 15.2. The lowest BCUT2D eigenvalue weighted by Crippen LogP contribution is -2.30. The van der Waals surface area contributed by atoms with Crippen LogP contribution in [-0.4, -0.2) is 54.2 Å². The molecule has 0 saturated carbocycles. The fourth-order valence-electron chi connectivity index (χ4n) is 1.78. The number of halogens is 1. The molecule has 1 saturated heterocycles. The first-order valence-electron chi connectivity index (χ1n) is 5.38. The molecule has 0 aromatic carbocycles. The molecule has 8 heteroatoms. The molecule has 1 aliphatic heterocycles. The van der Waals surface area contributed by atoms with Gasteiger partial charge in [0.15, 0.2) is 5.13 Å². The number of thiazole rings is 1. The van der Waals surface area contributed by atoms with Crippen molar-refractivity contribution < 1.29 is 9.53 Å². The van der Waals surface area contributed by atoms with Crippen molar-refractivity contribution in [3.63, 3.8) is 0 Å². The van der Waals surface area contributed by atoms with Gasteiger partial charge < -0.3 is 15.4 Å². The van der Waals surface area contributed by atoms with Gasteiger partial charge in [0.2, 0.25) is 5.91 Å². The smallest absolute Gasteiger partial charge is 0.237 e. The molecule has 0 aliphatic carbocycles. The molecule has 1 aromatic heterocycles. The van der Waals surface area contributed by atoms with Crippen LogP contribution in [0.1, 0.15) is 4.88 Å². The molecule has 0 radical (unpaired) electrons. The number of nitrogens with two attached hydrogens (primary N) is 1. The van der Waals surface area contributed by atoms with E-state index in [4.69, 9.17) is 10.5 Å². The summed E-state index contributed by atoms with van der Waals surface area (Å²) in [5, 5.41) is 0.571. The van der Waals surface area contributed by atoms with E-state index in [0.717, 1.165) is 11.4 Å². The minimum atomic E-state index is 0. The van der Waals surface area contributed by atoms with Crippen molar-refractivity contribution >= 4 is 34.8 Å². The molecule has 2 rings (SSSR count). The molecule has 0 spiro atoms. The molecule has 1 fully saturated rings. The zero-order valence-corrected chi connectivity index (χ0v) is 11.8. The fourth-order valence-corrected chi connectivity index (χ4v) is 2.51. The molecule has 2 N–H and O–H groups in total. The number of nitrogen functional groups attached to an aromatic ring is 1. The molecule has 0 bridgehead atoms. The Balaban J connectivity index is 0.00000162. The molecule has 0 atom stereocenters. The zero-order chi connectivity index (χ0) is 12.3. The molecule has 1 aromatic rings. The number of hydrogen-bond acceptors (Lipinski definition) is 6. The van der Waals surface area contributed by atoms with Crippen molar-refractivity contribution in [1.82, 2.24) is 14.8 Å². The number of ether oxygens (including phenoxy) is 1. The van der Waals surface area contributed by atoms with Crippen LogP contribution in [0, 0.1) is 0 Å². The third-order valence-electron chi connectivity index (χ3n) is 2.60. The van der Waals surface area contributed by atoms with Crippen LogP contribution in [0.3, 0.4) is 0 Å². The number of hydrogen-bond donors (Lipinski definition) is 1. The third-order valence-corrected chi connectivity index (χ3v) is 3.41. The summed E-state index contributed by atoms with van der Waals surface area (Å²) in [7, 11) is 1.64. The van der Waals surface area contributed by atoms with E-state index in [1.54, 1.807) is 18.2 Å². The predicted molar refractivity (Wildman–Crippen MR) is 72.6 cm³/mol. The fraction of sp³-hybridized carbons (Fsp3) is 0.600. The Morgan fingerprint density at radius 1 is 1.61 bits per heavy atom. The van der Waals surface area contributed by atoms with E-state index in [1.807, 2.05) is 0 Å². The van der Waals surface area contributed by atoms with Crippen LogP contribution in [-0.2, 0) is 16.1 Å². The lowest BCUT2D eigenvalue weighted by molar-refractivity contribution is -0.127. The SMILES string of the molecule is COCCN1CN(Cc2cnc(N)s2)CC1=O.Cl. The van der Waals surface area contributed by atoms with E-state index < -0.39 is 0 Å². The number of anilines is 1. The Labute approximate surface area is 116 Å². The highest BCUT2D eigenvalue weighted by molar-refractivity contribution is 7.15. The van der Waals surface area contributed by atoms with Gasteiger partial charge in [-0.05, 0) is 0 Å². The maximum atomic E-state index is 11.7. The van der Waals surface area contributed by atoms with Gasteiger partial charge in [0.1, 0.15) is 0 Å². The molecule has 0 unspecified atom stereocenters. The van der Waals surface area contributed by atoms with Gasteiger partial charge in [0.05, 0.1) is 19.8 Å². The van der Waals surface area contributed by atoms with Gasteiger partial charge in [0, 0.05) is 31.3 Å². The zero-order valence-electron chi connectivity index (χ0n) is 10.2. The summed E-state index contributed by atoms with van der Waals surface area (Å²) in [6.45, 7) is 3.06. The van der Waals surface area contributed by atoms with Gasteiger partial charge in [-0.3, -0.25) is 9.69 Å². The molecular formula is C10H17ClN4O2S. The van der Waals surface area contributed by atoms with Crippen LogP contribution in [0.2, 0.25) is 0 Å². The molecule has 1 amide bonds. The molecular weight excluding hydrogens is 276 g/mol. The van der Waals surface area contributed by atoms with Crippen molar-refractivity contribution in [3.8, 4) is 0 Å². The Kier molecular flexibility index (Phi) is 5.80. The highest BCUT2D eigenvalue weighted by Gasteiger charge is 2.27. The van der Waals surface area contributed by atoms with Crippen LogP contribution in [0.25, 0.3) is 0 Å². The van der Waals surface area contributed by atoms with Gasteiger partial charge in [-0.2, -0.15) is 0 Å². The number of carbonyl (C=O) groups is 1. The van der Waals surface area contributed by atoms with E-state index >= 15 is 0 Å². The first-order valence-corrected chi connectivity index (χ1v) is 6.20. The normalized spacial score (nSPS) is 16.1. The molecule has 18 heavy (non-hydrogen) atoms. The van der Waals surface area contributed by atoms with Gasteiger partial charge in [0.25, 0.3) is 0 Å². The average Bonchev–Trinajstić information content (AvgIpc) is 2.83. The minimum Gasteiger partial charge on any atom is -0.383 e. The third kappa shape index (κ3) is 3.81. The van der Waals surface area contributed by atoms with Crippen LogP contribution in [0.4, 0.5) is 5.13 Å². The summed E-state index contributed by atoms with van der Waals surface area (Å²) >= 11 is 1.47. The predicted octanol–water partition coefficient (Wildman–Crippen LogP) is 0.395. The second-order valence-corrected chi connectivity index (χ2v) is 5.09. The van der Waals surface area contributed by atoms with Crippen LogP contribution < -0.4 is 5.73 Å². The number of methoxy groups -OCH3 is 1. The highest BCUT2D eigenvalue weighted by atomic mass is 35.5. The summed E-state index contributed by atoms with van der Waals surface area (Å²) in [5.41, 5.74) is 5.57. The maximum Gasteiger partial charge on any atom is 0.237 e. The van der Waals surface area contributed by atoms with Crippen LogP contribution in [0.5, 0.6) is 0 Å². The number of amides is 1. The summed E-state index contributed by atoms with van der Waals surface area (Å²) in [6.07, 6.45) is 1.77. The van der Waals surface area contributed by atoms with Gasteiger partial charge in [-0.15, -0.1) is 23.7 Å². The summed E-state index contributed by atoms with van der Waals surface area (Å²) in [4.78, 5) is 20.6. The number of carbonyl (C=O) groups excluding carboxylic acids is 1. The lowest BCUT2D eigenvalue weighted by Gasteiger charge is -2.16. The minimum absolute atomic E-state index is 0. The maximum absolute atomic E-state index is 11.7. The van der Waals surface area contributed by atoms with Crippen LogP contribution in [0.15, 0.2) is 6.20 Å². The second kappa shape index (κ2) is 6.89. The van der Waals surface area contributed by atoms with Crippen LogP contribution >= 0.6 is 23.7 Å². The number of aromatic nitrogens is 1. The Bertz CT molecular complexity index is 401. The highest BCUT2D eigenvalue weighted by Crippen LogP contribution is 2.18. The van der Waals surface area contributed by atoms with Crippen molar-refractivity contribution in [1.29, 1.82) is 0 Å². The Morgan fingerprint density at radius 3 is 3.00 bits per heavy atom. The number of rotatable bonds is 5. The first-order chi connectivity index (χ1) is 8.19. The van der Waals surface area contributed by atoms with Gasteiger partial charge in [-0.25, -0.2) is 4.98 Å². The molecule has 6 nitrogen and oxygen atoms in total. The van der Waals surface area contributed by atoms with Crippen molar-refractivity contribution in [2.24, 2.45) is 0 Å². The van der Waals surface area contributed by atoms with E-state index in [2.05, 4.69) is 9.88 Å². The summed E-state index contributed by atoms with van der Waals surface area (Å²) < 4.78 is 4.97. The van der Waals surface area contributed by atoms with E-state index in [1.165, 1.54) is 11.3 Å². The largest absolute Gasteiger partial charge is 0.383 e. The Hall–Kier alpha value is -0.890. The lowest BCUT2D eigenvalue weighted by atomic mass is 10.5. The van der Waals surface area contributed by atoms with Crippen molar-refractivity contribution in [2.45, 2.75) is 6.54 Å². The van der Waals surface area contributed by atoms with Gasteiger partial charge in [-0.1, -0.05) is 0 Å². The topological polar surface area (TPSA) is 71.7 Å². The van der Waals surface area contributed by atoms with E-state index in [9.17, 15) is 4.79 Å². The second-order valence-electron chi connectivity index (χ2n) is 3.94. The summed E-state index contributed by atoms with van der Waals surface area (Å²) in [6, 6.07) is 0. The van der Waals surface area contributed by atoms with Crippen molar-refractivity contribution in [2.75, 3.05) is 39.2 Å². The number of nitrogens with zero attached hydrogens (tertiary/aromatic N) is 3. The molecule has 1 aliphatic rings. The summed E-state index contributed by atoms with van der Waals surface area (Å²) in [5.74, 6) is 0.152. The van der Waals surface area contributed by atoms with Gasteiger partial charge >= 0.3 is 0 Å². The van der Waals surface area contributed by atoms with E-state index in [0.29, 0.717) is 31.5 Å². The average molecular weight is 293 g/mol. The van der Waals surface area contributed by atoms with Crippen molar-refractivity contribution in [3.05, 3.63) is 11.1 Å².